The second kappa shape index (κ2) is 17.7. The number of benzene rings is 1. The summed E-state index contributed by atoms with van der Waals surface area (Å²) in [6.45, 7) is 2.88. The predicted octanol–water partition coefficient (Wildman–Crippen LogP) is 7.14. The fraction of sp³-hybridized carbons (Fsp3) is 0.667. The zero-order valence-corrected chi connectivity index (χ0v) is 20.0. The fourth-order valence-electron chi connectivity index (χ4n) is 3.68. The SMILES string of the molecule is CCCCCCCC/C=C\CCCCCCCC(=O)N(C)CCc1ccc(O)c(O)c1. The molecule has 31 heavy (non-hydrogen) atoms. The van der Waals surface area contributed by atoms with Gasteiger partial charge < -0.3 is 15.1 Å². The molecule has 1 aromatic carbocycles. The summed E-state index contributed by atoms with van der Waals surface area (Å²) in [5, 5.41) is 18.9. The summed E-state index contributed by atoms with van der Waals surface area (Å²) in [6.07, 6.45) is 22.4. The van der Waals surface area contributed by atoms with E-state index in [1.165, 1.54) is 76.7 Å². The van der Waals surface area contributed by atoms with Gasteiger partial charge in [0.25, 0.3) is 0 Å². The van der Waals surface area contributed by atoms with Crippen LogP contribution < -0.4 is 0 Å². The fourth-order valence-corrected chi connectivity index (χ4v) is 3.68. The number of likely N-dealkylation sites (N-methyl/N-ethyl adjacent to an activating group) is 1. The minimum atomic E-state index is -0.114. The van der Waals surface area contributed by atoms with Crippen molar-refractivity contribution < 1.29 is 15.0 Å². The average Bonchev–Trinajstić information content (AvgIpc) is 2.76. The van der Waals surface area contributed by atoms with Crippen LogP contribution in [0.5, 0.6) is 11.5 Å². The van der Waals surface area contributed by atoms with Crippen molar-refractivity contribution in [3.63, 3.8) is 0 Å². The quantitative estimate of drug-likeness (QED) is 0.147. The second-order valence-corrected chi connectivity index (χ2v) is 8.72. The zero-order valence-electron chi connectivity index (χ0n) is 20.0. The Labute approximate surface area is 190 Å². The Morgan fingerprint density at radius 1 is 0.839 bits per heavy atom. The van der Waals surface area contributed by atoms with E-state index >= 15 is 0 Å². The van der Waals surface area contributed by atoms with Gasteiger partial charge in [0.1, 0.15) is 0 Å². The molecular formula is C27H45NO3. The van der Waals surface area contributed by atoms with Gasteiger partial charge in [0.05, 0.1) is 0 Å². The minimum Gasteiger partial charge on any atom is -0.504 e. The average molecular weight is 432 g/mol. The first-order valence-corrected chi connectivity index (χ1v) is 12.4. The number of nitrogens with zero attached hydrogens (tertiary/aromatic N) is 1. The molecule has 0 atom stereocenters. The Morgan fingerprint density at radius 2 is 1.42 bits per heavy atom. The molecular weight excluding hydrogens is 386 g/mol. The molecule has 4 nitrogen and oxygen atoms in total. The van der Waals surface area contributed by atoms with E-state index in [-0.39, 0.29) is 17.4 Å². The lowest BCUT2D eigenvalue weighted by Gasteiger charge is -2.17. The molecule has 0 bridgehead atoms. The molecule has 4 heteroatoms. The van der Waals surface area contributed by atoms with Crippen molar-refractivity contribution in [1.82, 2.24) is 4.90 Å². The standard InChI is InChI=1S/C27H45NO3/c1-3-4-5-6-7-8-9-10-11-12-13-14-15-16-17-18-27(31)28(2)22-21-24-19-20-25(29)26(30)23-24/h10-11,19-20,23,29-30H,3-9,12-18,21-22H2,1-2H3/b11-10-. The van der Waals surface area contributed by atoms with Crippen LogP contribution in [0.3, 0.4) is 0 Å². The molecule has 0 fully saturated rings. The van der Waals surface area contributed by atoms with Crippen molar-refractivity contribution in [2.75, 3.05) is 13.6 Å². The van der Waals surface area contributed by atoms with Crippen molar-refractivity contribution in [2.45, 2.75) is 103 Å². The van der Waals surface area contributed by atoms with Gasteiger partial charge in [-0.25, -0.2) is 0 Å². The third kappa shape index (κ3) is 13.9. The van der Waals surface area contributed by atoms with Crippen molar-refractivity contribution in [3.8, 4) is 11.5 Å². The summed E-state index contributed by atoms with van der Waals surface area (Å²) >= 11 is 0. The lowest BCUT2D eigenvalue weighted by Crippen LogP contribution is -2.28. The summed E-state index contributed by atoms with van der Waals surface area (Å²) in [5.74, 6) is -0.0437. The molecule has 176 valence electrons. The molecule has 0 aromatic heterocycles. The van der Waals surface area contributed by atoms with Crippen LogP contribution in [0.15, 0.2) is 30.4 Å². The third-order valence-corrected chi connectivity index (χ3v) is 5.85. The van der Waals surface area contributed by atoms with Gasteiger partial charge in [-0.3, -0.25) is 4.79 Å². The van der Waals surface area contributed by atoms with Gasteiger partial charge in [0.2, 0.25) is 5.91 Å². The summed E-state index contributed by atoms with van der Waals surface area (Å²) in [6, 6.07) is 4.81. The number of hydrogen-bond acceptors (Lipinski definition) is 3. The van der Waals surface area contributed by atoms with Gasteiger partial charge in [-0.05, 0) is 56.2 Å². The number of phenols is 2. The van der Waals surface area contributed by atoms with Crippen molar-refractivity contribution in [3.05, 3.63) is 35.9 Å². The Kier molecular flexibility index (Phi) is 15.4. The monoisotopic (exact) mass is 431 g/mol. The van der Waals surface area contributed by atoms with E-state index in [0.717, 1.165) is 18.4 Å². The predicted molar refractivity (Wildman–Crippen MR) is 131 cm³/mol. The summed E-state index contributed by atoms with van der Waals surface area (Å²) in [4.78, 5) is 14.0. The number of hydrogen-bond donors (Lipinski definition) is 2. The van der Waals surface area contributed by atoms with Gasteiger partial charge in [-0.2, -0.15) is 0 Å². The van der Waals surface area contributed by atoms with Crippen molar-refractivity contribution in [2.24, 2.45) is 0 Å². The Balaban J connectivity index is 1.95. The summed E-state index contributed by atoms with van der Waals surface area (Å²) < 4.78 is 0. The smallest absolute Gasteiger partial charge is 0.222 e. The van der Waals surface area contributed by atoms with Gasteiger partial charge in [0, 0.05) is 20.0 Å². The molecule has 0 heterocycles. The number of carbonyl (C=O) groups excluding carboxylic acids is 1. The number of amides is 1. The maximum absolute atomic E-state index is 12.2. The van der Waals surface area contributed by atoms with Crippen LogP contribution in [0.2, 0.25) is 0 Å². The van der Waals surface area contributed by atoms with Crippen LogP contribution in [0.25, 0.3) is 0 Å². The molecule has 1 aromatic rings. The van der Waals surface area contributed by atoms with Crippen LogP contribution in [0.4, 0.5) is 0 Å². The molecule has 0 saturated carbocycles. The lowest BCUT2D eigenvalue weighted by molar-refractivity contribution is -0.130. The van der Waals surface area contributed by atoms with Crippen LogP contribution in [-0.4, -0.2) is 34.6 Å². The maximum Gasteiger partial charge on any atom is 0.222 e. The van der Waals surface area contributed by atoms with Gasteiger partial charge in [-0.1, -0.05) is 76.5 Å². The highest BCUT2D eigenvalue weighted by Gasteiger charge is 2.09. The summed E-state index contributed by atoms with van der Waals surface area (Å²) in [7, 11) is 1.83. The molecule has 0 unspecified atom stereocenters. The van der Waals surface area contributed by atoms with E-state index in [2.05, 4.69) is 19.1 Å². The van der Waals surface area contributed by atoms with Crippen molar-refractivity contribution in [1.29, 1.82) is 0 Å². The molecule has 0 radical (unpaired) electrons. The maximum atomic E-state index is 12.2. The van der Waals surface area contributed by atoms with Crippen LogP contribution in [-0.2, 0) is 11.2 Å². The van der Waals surface area contributed by atoms with E-state index in [1.54, 1.807) is 17.0 Å². The normalized spacial score (nSPS) is 11.3. The first-order valence-electron chi connectivity index (χ1n) is 12.4. The molecule has 2 N–H and O–H groups in total. The highest BCUT2D eigenvalue weighted by Crippen LogP contribution is 2.25. The number of allylic oxidation sites excluding steroid dienone is 2. The third-order valence-electron chi connectivity index (χ3n) is 5.85. The summed E-state index contributed by atoms with van der Waals surface area (Å²) in [5.41, 5.74) is 0.913. The molecule has 1 amide bonds. The zero-order chi connectivity index (χ0) is 22.7. The number of rotatable bonds is 18. The molecule has 1 rings (SSSR count). The molecule has 0 aliphatic carbocycles. The number of unbranched alkanes of at least 4 members (excludes halogenated alkanes) is 11. The first-order chi connectivity index (χ1) is 15.0. The highest BCUT2D eigenvalue weighted by atomic mass is 16.3. The van der Waals surface area contributed by atoms with Gasteiger partial charge >= 0.3 is 0 Å². The van der Waals surface area contributed by atoms with E-state index < -0.39 is 0 Å². The molecule has 0 saturated heterocycles. The van der Waals surface area contributed by atoms with E-state index in [0.29, 0.717) is 19.4 Å². The Morgan fingerprint density at radius 3 is 2.03 bits per heavy atom. The van der Waals surface area contributed by atoms with Crippen LogP contribution in [0.1, 0.15) is 102 Å². The van der Waals surface area contributed by atoms with Gasteiger partial charge in [-0.15, -0.1) is 0 Å². The second-order valence-electron chi connectivity index (χ2n) is 8.72. The van der Waals surface area contributed by atoms with Gasteiger partial charge in [0.15, 0.2) is 11.5 Å². The molecule has 0 spiro atoms. The Bertz CT molecular complexity index is 627. The number of aromatic hydroxyl groups is 2. The highest BCUT2D eigenvalue weighted by molar-refractivity contribution is 5.75. The largest absolute Gasteiger partial charge is 0.504 e. The Hall–Kier alpha value is -1.97. The van der Waals surface area contributed by atoms with E-state index in [1.807, 2.05) is 7.05 Å². The lowest BCUT2D eigenvalue weighted by atomic mass is 10.1. The number of phenolic OH excluding ortho intramolecular Hbond substituents is 2. The first kappa shape index (κ1) is 27.1. The van der Waals surface area contributed by atoms with Crippen LogP contribution >= 0.6 is 0 Å². The van der Waals surface area contributed by atoms with Crippen molar-refractivity contribution >= 4 is 5.91 Å². The topological polar surface area (TPSA) is 60.8 Å². The van der Waals surface area contributed by atoms with E-state index in [9.17, 15) is 15.0 Å². The minimum absolute atomic E-state index is 0.111. The van der Waals surface area contributed by atoms with E-state index in [4.69, 9.17) is 0 Å². The molecule has 0 aliphatic rings. The van der Waals surface area contributed by atoms with Crippen LogP contribution in [0, 0.1) is 0 Å². The molecule has 0 aliphatic heterocycles. The number of carbonyl (C=O) groups is 1.